The molecule has 1 saturated carbocycles. The van der Waals surface area contributed by atoms with Gasteiger partial charge in [0.25, 0.3) is 0 Å². The molecular weight excluding hydrogens is 258 g/mol. The van der Waals surface area contributed by atoms with E-state index in [1.54, 1.807) is 7.11 Å². The number of ether oxygens (including phenoxy) is 1. The molecule has 2 nitrogen and oxygen atoms in total. The van der Waals surface area contributed by atoms with Gasteiger partial charge in [-0.2, -0.15) is 0 Å². The highest BCUT2D eigenvalue weighted by Crippen LogP contribution is 2.31. The van der Waals surface area contributed by atoms with E-state index in [9.17, 15) is 0 Å². The van der Waals surface area contributed by atoms with E-state index in [1.165, 1.54) is 31.2 Å². The quantitative estimate of drug-likeness (QED) is 0.879. The molecular formula is C16H24ClNO. The Kier molecular flexibility index (Phi) is 5.53. The van der Waals surface area contributed by atoms with Crippen molar-refractivity contribution in [3.8, 4) is 5.75 Å². The Morgan fingerprint density at radius 2 is 2.21 bits per heavy atom. The Balaban J connectivity index is 2.01. The summed E-state index contributed by atoms with van der Waals surface area (Å²) in [7, 11) is 1.73. The third kappa shape index (κ3) is 4.12. The molecule has 0 heterocycles. The fourth-order valence-corrected chi connectivity index (χ4v) is 3.36. The topological polar surface area (TPSA) is 21.3 Å². The van der Waals surface area contributed by atoms with Crippen LogP contribution in [-0.2, 0) is 6.42 Å². The van der Waals surface area contributed by atoms with E-state index < -0.39 is 0 Å². The van der Waals surface area contributed by atoms with Gasteiger partial charge in [0.15, 0.2) is 0 Å². The van der Waals surface area contributed by atoms with Gasteiger partial charge in [0.1, 0.15) is 5.75 Å². The van der Waals surface area contributed by atoms with Gasteiger partial charge in [-0.25, -0.2) is 0 Å². The Morgan fingerprint density at radius 1 is 1.37 bits per heavy atom. The highest BCUT2D eigenvalue weighted by molar-refractivity contribution is 6.30. The molecule has 1 N–H and O–H groups in total. The predicted octanol–water partition coefficient (Wildman–Crippen LogP) is 4.06. The van der Waals surface area contributed by atoms with Crippen LogP contribution in [0.3, 0.4) is 0 Å². The zero-order valence-corrected chi connectivity index (χ0v) is 12.7. The van der Waals surface area contributed by atoms with Crippen molar-refractivity contribution in [2.24, 2.45) is 5.92 Å². The maximum atomic E-state index is 6.10. The molecule has 0 aromatic heterocycles. The van der Waals surface area contributed by atoms with E-state index in [0.29, 0.717) is 6.04 Å². The smallest absolute Gasteiger partial charge is 0.122 e. The second-order valence-corrected chi connectivity index (χ2v) is 5.88. The summed E-state index contributed by atoms with van der Waals surface area (Å²) in [6, 6.07) is 6.61. The Morgan fingerprint density at radius 3 is 2.95 bits per heavy atom. The number of methoxy groups -OCH3 is 1. The summed E-state index contributed by atoms with van der Waals surface area (Å²) < 4.78 is 5.44. The molecule has 106 valence electrons. The molecule has 0 bridgehead atoms. The van der Waals surface area contributed by atoms with Crippen molar-refractivity contribution in [3.05, 3.63) is 28.8 Å². The van der Waals surface area contributed by atoms with Gasteiger partial charge in [-0.15, -0.1) is 0 Å². The van der Waals surface area contributed by atoms with E-state index in [4.69, 9.17) is 16.3 Å². The van der Waals surface area contributed by atoms with Gasteiger partial charge in [0.2, 0.25) is 0 Å². The summed E-state index contributed by atoms with van der Waals surface area (Å²) >= 11 is 6.10. The molecule has 0 spiro atoms. The van der Waals surface area contributed by atoms with Crippen LogP contribution in [0.4, 0.5) is 0 Å². The third-order valence-corrected chi connectivity index (χ3v) is 4.26. The molecule has 0 aliphatic heterocycles. The van der Waals surface area contributed by atoms with Crippen molar-refractivity contribution in [1.29, 1.82) is 0 Å². The van der Waals surface area contributed by atoms with Gasteiger partial charge >= 0.3 is 0 Å². The van der Waals surface area contributed by atoms with E-state index in [2.05, 4.69) is 18.3 Å². The summed E-state index contributed by atoms with van der Waals surface area (Å²) in [5.41, 5.74) is 1.25. The van der Waals surface area contributed by atoms with Crippen LogP contribution in [0.15, 0.2) is 18.2 Å². The lowest BCUT2D eigenvalue weighted by Crippen LogP contribution is -2.34. The summed E-state index contributed by atoms with van der Waals surface area (Å²) in [6.45, 7) is 3.25. The molecule has 2 atom stereocenters. The largest absolute Gasteiger partial charge is 0.496 e. The number of rotatable bonds is 5. The number of halogens is 1. The fourth-order valence-electron chi connectivity index (χ4n) is 3.17. The summed E-state index contributed by atoms with van der Waals surface area (Å²) in [4.78, 5) is 0. The first-order chi connectivity index (χ1) is 9.22. The molecule has 1 aromatic rings. The minimum atomic E-state index is 0.689. The van der Waals surface area contributed by atoms with Crippen LogP contribution in [0.25, 0.3) is 0 Å². The lowest BCUT2D eigenvalue weighted by molar-refractivity contribution is 0.284. The number of nitrogens with one attached hydrogen (secondary N) is 1. The van der Waals surface area contributed by atoms with Gasteiger partial charge in [-0.1, -0.05) is 31.4 Å². The van der Waals surface area contributed by atoms with Crippen molar-refractivity contribution in [2.45, 2.75) is 45.1 Å². The molecule has 0 saturated heterocycles. The van der Waals surface area contributed by atoms with Gasteiger partial charge in [-0.05, 0) is 55.5 Å². The third-order valence-electron chi connectivity index (χ3n) is 4.03. The standard InChI is InChI=1S/C16H24ClNO/c1-3-18-15-6-4-5-12(10-15)9-13-11-14(17)7-8-16(13)19-2/h7-8,11-12,15,18H,3-6,9-10H2,1-2H3. The second kappa shape index (κ2) is 7.16. The van der Waals surface area contributed by atoms with E-state index >= 15 is 0 Å². The molecule has 2 unspecified atom stereocenters. The van der Waals surface area contributed by atoms with E-state index in [0.717, 1.165) is 29.7 Å². The minimum Gasteiger partial charge on any atom is -0.496 e. The van der Waals surface area contributed by atoms with Crippen LogP contribution in [-0.4, -0.2) is 19.7 Å². The summed E-state index contributed by atoms with van der Waals surface area (Å²) in [6.07, 6.45) is 6.30. The summed E-state index contributed by atoms with van der Waals surface area (Å²) in [5, 5.41) is 4.38. The molecule has 19 heavy (non-hydrogen) atoms. The molecule has 0 amide bonds. The van der Waals surface area contributed by atoms with Crippen molar-refractivity contribution in [2.75, 3.05) is 13.7 Å². The van der Waals surface area contributed by atoms with Crippen molar-refractivity contribution < 1.29 is 4.74 Å². The molecule has 1 aliphatic carbocycles. The molecule has 1 aromatic carbocycles. The highest BCUT2D eigenvalue weighted by atomic mass is 35.5. The fraction of sp³-hybridized carbons (Fsp3) is 0.625. The maximum absolute atomic E-state index is 6.10. The molecule has 1 aliphatic rings. The number of hydrogen-bond acceptors (Lipinski definition) is 2. The molecule has 0 radical (unpaired) electrons. The zero-order valence-electron chi connectivity index (χ0n) is 11.9. The van der Waals surface area contributed by atoms with Gasteiger partial charge in [-0.3, -0.25) is 0 Å². The normalized spacial score (nSPS) is 23.3. The van der Waals surface area contributed by atoms with E-state index in [-0.39, 0.29) is 0 Å². The number of benzene rings is 1. The predicted molar refractivity (Wildman–Crippen MR) is 81.1 cm³/mol. The van der Waals surface area contributed by atoms with E-state index in [1.807, 2.05) is 12.1 Å². The molecule has 2 rings (SSSR count). The zero-order chi connectivity index (χ0) is 13.7. The lowest BCUT2D eigenvalue weighted by atomic mass is 9.82. The first-order valence-electron chi connectivity index (χ1n) is 7.28. The summed E-state index contributed by atoms with van der Waals surface area (Å²) in [5.74, 6) is 1.71. The monoisotopic (exact) mass is 281 g/mol. The van der Waals surface area contributed by atoms with Crippen molar-refractivity contribution >= 4 is 11.6 Å². The second-order valence-electron chi connectivity index (χ2n) is 5.45. The number of hydrogen-bond donors (Lipinski definition) is 1. The van der Waals surface area contributed by atoms with Crippen LogP contribution in [0, 0.1) is 5.92 Å². The molecule has 1 fully saturated rings. The van der Waals surface area contributed by atoms with Gasteiger partial charge in [0, 0.05) is 11.1 Å². The lowest BCUT2D eigenvalue weighted by Gasteiger charge is -2.30. The Labute approximate surface area is 121 Å². The Hall–Kier alpha value is -0.730. The van der Waals surface area contributed by atoms with Crippen LogP contribution < -0.4 is 10.1 Å². The van der Waals surface area contributed by atoms with Gasteiger partial charge in [0.05, 0.1) is 7.11 Å². The van der Waals surface area contributed by atoms with Crippen molar-refractivity contribution in [3.63, 3.8) is 0 Å². The van der Waals surface area contributed by atoms with Gasteiger partial charge < -0.3 is 10.1 Å². The van der Waals surface area contributed by atoms with Crippen LogP contribution >= 0.6 is 11.6 Å². The van der Waals surface area contributed by atoms with Crippen LogP contribution in [0.2, 0.25) is 5.02 Å². The minimum absolute atomic E-state index is 0.689. The average Bonchev–Trinajstić information content (AvgIpc) is 2.40. The first-order valence-corrected chi connectivity index (χ1v) is 7.66. The molecule has 3 heteroatoms. The highest BCUT2D eigenvalue weighted by Gasteiger charge is 2.22. The van der Waals surface area contributed by atoms with Crippen LogP contribution in [0.1, 0.15) is 38.2 Å². The van der Waals surface area contributed by atoms with Crippen molar-refractivity contribution in [1.82, 2.24) is 5.32 Å². The average molecular weight is 282 g/mol. The maximum Gasteiger partial charge on any atom is 0.122 e. The SMILES string of the molecule is CCNC1CCCC(Cc2cc(Cl)ccc2OC)C1. The Bertz CT molecular complexity index is 406. The first kappa shape index (κ1) is 14.7. The van der Waals surface area contributed by atoms with Crippen LogP contribution in [0.5, 0.6) is 5.75 Å².